The SMILES string of the molecule is COc1nn(C)cc1C(=O)N1CCC(n2c(=O)[nH]c3ccccc3c2=O)CC1. The van der Waals surface area contributed by atoms with E-state index in [1.807, 2.05) is 0 Å². The average molecular weight is 383 g/mol. The third-order valence-corrected chi connectivity index (χ3v) is 5.17. The molecule has 3 heterocycles. The minimum atomic E-state index is -0.414. The Balaban J connectivity index is 1.56. The summed E-state index contributed by atoms with van der Waals surface area (Å²) in [5.74, 6) is 0.125. The lowest BCUT2D eigenvalue weighted by Gasteiger charge is -2.32. The number of benzene rings is 1. The minimum absolute atomic E-state index is 0.164. The molecular weight excluding hydrogens is 362 g/mol. The van der Waals surface area contributed by atoms with Crippen LogP contribution in [0, 0.1) is 0 Å². The molecule has 4 rings (SSSR count). The van der Waals surface area contributed by atoms with Gasteiger partial charge in [0.05, 0.1) is 18.0 Å². The largest absolute Gasteiger partial charge is 0.479 e. The molecule has 1 aliphatic rings. The van der Waals surface area contributed by atoms with E-state index in [0.717, 1.165) is 0 Å². The van der Waals surface area contributed by atoms with Gasteiger partial charge in [-0.2, -0.15) is 0 Å². The predicted octanol–water partition coefficient (Wildman–Crippen LogP) is 0.909. The van der Waals surface area contributed by atoms with Gasteiger partial charge in [-0.3, -0.25) is 18.8 Å². The van der Waals surface area contributed by atoms with Crippen LogP contribution in [-0.2, 0) is 7.05 Å². The van der Waals surface area contributed by atoms with E-state index in [4.69, 9.17) is 4.74 Å². The molecule has 0 spiro atoms. The van der Waals surface area contributed by atoms with E-state index < -0.39 is 5.69 Å². The van der Waals surface area contributed by atoms with E-state index >= 15 is 0 Å². The number of likely N-dealkylation sites (tertiary alicyclic amines) is 1. The number of H-pyrrole nitrogens is 1. The van der Waals surface area contributed by atoms with Gasteiger partial charge in [0, 0.05) is 32.4 Å². The van der Waals surface area contributed by atoms with Gasteiger partial charge in [0.2, 0.25) is 5.88 Å². The standard InChI is InChI=1S/C19H21N5O4/c1-22-11-14(16(21-22)28-2)17(25)23-9-7-12(8-10-23)24-18(26)13-5-3-4-6-15(13)20-19(24)27/h3-6,11-12H,7-10H2,1-2H3,(H,20,27). The molecule has 0 radical (unpaired) electrons. The zero-order chi connectivity index (χ0) is 19.8. The van der Waals surface area contributed by atoms with Crippen LogP contribution >= 0.6 is 0 Å². The fourth-order valence-corrected chi connectivity index (χ4v) is 3.77. The quantitative estimate of drug-likeness (QED) is 0.724. The zero-order valence-electron chi connectivity index (χ0n) is 15.7. The molecule has 9 nitrogen and oxygen atoms in total. The van der Waals surface area contributed by atoms with Crippen molar-refractivity contribution in [1.82, 2.24) is 24.2 Å². The second-order valence-corrected chi connectivity index (χ2v) is 6.90. The summed E-state index contributed by atoms with van der Waals surface area (Å²) < 4.78 is 7.99. The molecule has 0 aliphatic carbocycles. The molecule has 1 aromatic carbocycles. The topological polar surface area (TPSA) is 102 Å². The van der Waals surface area contributed by atoms with Crippen LogP contribution in [0.4, 0.5) is 0 Å². The molecule has 9 heteroatoms. The first-order valence-electron chi connectivity index (χ1n) is 9.10. The maximum Gasteiger partial charge on any atom is 0.329 e. The number of aromatic amines is 1. The molecule has 1 amide bonds. The molecule has 0 saturated carbocycles. The highest BCUT2D eigenvalue weighted by Crippen LogP contribution is 2.24. The number of carbonyl (C=O) groups is 1. The Morgan fingerprint density at radius 2 is 1.93 bits per heavy atom. The van der Waals surface area contributed by atoms with Crippen LogP contribution in [0.25, 0.3) is 10.9 Å². The molecule has 1 saturated heterocycles. The molecule has 146 valence electrons. The van der Waals surface area contributed by atoms with Crippen LogP contribution in [0.5, 0.6) is 5.88 Å². The first kappa shape index (κ1) is 18.0. The third-order valence-electron chi connectivity index (χ3n) is 5.17. The molecule has 0 bridgehead atoms. The molecule has 1 N–H and O–H groups in total. The fourth-order valence-electron chi connectivity index (χ4n) is 3.77. The lowest BCUT2D eigenvalue weighted by atomic mass is 10.0. The van der Waals surface area contributed by atoms with E-state index in [2.05, 4.69) is 10.1 Å². The number of fused-ring (bicyclic) bond motifs is 1. The highest BCUT2D eigenvalue weighted by Gasteiger charge is 2.29. The fraction of sp³-hybridized carbons (Fsp3) is 0.368. The molecule has 1 fully saturated rings. The summed E-state index contributed by atoms with van der Waals surface area (Å²) in [4.78, 5) is 42.6. The normalized spacial score (nSPS) is 15.1. The Labute approximate surface area is 160 Å². The zero-order valence-corrected chi connectivity index (χ0v) is 15.7. The van der Waals surface area contributed by atoms with Crippen LogP contribution in [0.2, 0.25) is 0 Å². The molecular formula is C19H21N5O4. The Hall–Kier alpha value is -3.36. The Morgan fingerprint density at radius 3 is 2.64 bits per heavy atom. The van der Waals surface area contributed by atoms with E-state index in [1.54, 1.807) is 42.4 Å². The molecule has 1 aliphatic heterocycles. The second kappa shape index (κ2) is 6.99. The van der Waals surface area contributed by atoms with Crippen LogP contribution in [-0.4, -0.2) is 50.3 Å². The van der Waals surface area contributed by atoms with Gasteiger partial charge < -0.3 is 14.6 Å². The lowest BCUT2D eigenvalue weighted by Crippen LogP contribution is -2.45. The molecule has 3 aromatic rings. The smallest absolute Gasteiger partial charge is 0.329 e. The van der Waals surface area contributed by atoms with E-state index in [-0.39, 0.29) is 23.4 Å². The lowest BCUT2D eigenvalue weighted by molar-refractivity contribution is 0.0688. The van der Waals surface area contributed by atoms with E-state index in [9.17, 15) is 14.4 Å². The Morgan fingerprint density at radius 1 is 1.21 bits per heavy atom. The van der Waals surface area contributed by atoms with Crippen molar-refractivity contribution < 1.29 is 9.53 Å². The van der Waals surface area contributed by atoms with Gasteiger partial charge in [-0.25, -0.2) is 4.79 Å². The first-order chi connectivity index (χ1) is 13.5. The summed E-state index contributed by atoms with van der Waals surface area (Å²) >= 11 is 0. The Kier molecular flexibility index (Phi) is 4.50. The van der Waals surface area contributed by atoms with Crippen LogP contribution in [0.1, 0.15) is 29.2 Å². The highest BCUT2D eigenvalue weighted by atomic mass is 16.5. The van der Waals surface area contributed by atoms with Crippen molar-refractivity contribution in [3.05, 3.63) is 56.9 Å². The van der Waals surface area contributed by atoms with Crippen LogP contribution in [0.3, 0.4) is 0 Å². The van der Waals surface area contributed by atoms with Gasteiger partial charge >= 0.3 is 5.69 Å². The number of aromatic nitrogens is 4. The van der Waals surface area contributed by atoms with Crippen LogP contribution < -0.4 is 16.0 Å². The number of aryl methyl sites for hydroxylation is 1. The van der Waals surface area contributed by atoms with E-state index in [0.29, 0.717) is 42.4 Å². The second-order valence-electron chi connectivity index (χ2n) is 6.90. The van der Waals surface area contributed by atoms with Gasteiger partial charge in [0.15, 0.2) is 0 Å². The Bertz CT molecular complexity index is 1150. The molecule has 28 heavy (non-hydrogen) atoms. The number of hydrogen-bond acceptors (Lipinski definition) is 5. The van der Waals surface area contributed by atoms with Gasteiger partial charge in [-0.05, 0) is 25.0 Å². The van der Waals surface area contributed by atoms with E-state index in [1.165, 1.54) is 16.4 Å². The third kappa shape index (κ3) is 2.98. The van der Waals surface area contributed by atoms with Crippen LogP contribution in [0.15, 0.2) is 40.1 Å². The number of amides is 1. The number of nitrogens with zero attached hydrogens (tertiary/aromatic N) is 4. The molecule has 0 unspecified atom stereocenters. The van der Waals surface area contributed by atoms with Crippen molar-refractivity contribution in [3.63, 3.8) is 0 Å². The minimum Gasteiger partial charge on any atom is -0.479 e. The van der Waals surface area contributed by atoms with Gasteiger partial charge in [-0.15, -0.1) is 5.10 Å². The summed E-state index contributed by atoms with van der Waals surface area (Å²) in [5, 5.41) is 4.60. The number of hydrogen-bond donors (Lipinski definition) is 1. The van der Waals surface area contributed by atoms with Gasteiger partial charge in [0.25, 0.3) is 11.5 Å². The van der Waals surface area contributed by atoms with Crippen molar-refractivity contribution in [2.75, 3.05) is 20.2 Å². The van der Waals surface area contributed by atoms with Crippen molar-refractivity contribution in [2.24, 2.45) is 7.05 Å². The number of ether oxygens (including phenoxy) is 1. The van der Waals surface area contributed by atoms with Gasteiger partial charge in [0.1, 0.15) is 5.56 Å². The first-order valence-corrected chi connectivity index (χ1v) is 9.10. The van der Waals surface area contributed by atoms with Crippen molar-refractivity contribution in [1.29, 1.82) is 0 Å². The molecule has 2 aromatic heterocycles. The average Bonchev–Trinajstić information content (AvgIpc) is 3.09. The summed E-state index contributed by atoms with van der Waals surface area (Å²) in [5.41, 5.74) is 0.231. The number of carbonyl (C=O) groups excluding carboxylic acids is 1. The number of rotatable bonds is 3. The summed E-state index contributed by atoms with van der Waals surface area (Å²) in [6.07, 6.45) is 2.68. The number of nitrogens with one attached hydrogen (secondary N) is 1. The summed E-state index contributed by atoms with van der Waals surface area (Å²) in [6, 6.07) is 6.72. The number of piperidine rings is 1. The van der Waals surface area contributed by atoms with Crippen molar-refractivity contribution >= 4 is 16.8 Å². The van der Waals surface area contributed by atoms with Crippen molar-refractivity contribution in [2.45, 2.75) is 18.9 Å². The number of methoxy groups -OCH3 is 1. The monoisotopic (exact) mass is 383 g/mol. The maximum absolute atomic E-state index is 12.8. The van der Waals surface area contributed by atoms with Crippen molar-refractivity contribution in [3.8, 4) is 5.88 Å². The highest BCUT2D eigenvalue weighted by molar-refractivity contribution is 5.96. The predicted molar refractivity (Wildman–Crippen MR) is 103 cm³/mol. The summed E-state index contributed by atoms with van der Waals surface area (Å²) in [7, 11) is 3.20. The summed E-state index contributed by atoms with van der Waals surface area (Å²) in [6.45, 7) is 0.889. The maximum atomic E-state index is 12.8. The number of para-hydroxylation sites is 1. The molecule has 0 atom stereocenters. The van der Waals surface area contributed by atoms with Gasteiger partial charge in [-0.1, -0.05) is 12.1 Å².